The zero-order chi connectivity index (χ0) is 13.4. The molecule has 0 heterocycles. The van der Waals surface area contributed by atoms with Crippen LogP contribution in [0.25, 0.3) is 0 Å². The summed E-state index contributed by atoms with van der Waals surface area (Å²) in [6.07, 6.45) is 2.04. The van der Waals surface area contributed by atoms with E-state index in [1.54, 1.807) is 0 Å². The molecule has 1 saturated carbocycles. The Kier molecular flexibility index (Phi) is 4.32. The van der Waals surface area contributed by atoms with Crippen LogP contribution >= 0.6 is 46.4 Å². The minimum Gasteiger partial charge on any atom is -0.481 e. The third-order valence-corrected chi connectivity index (χ3v) is 4.86. The summed E-state index contributed by atoms with van der Waals surface area (Å²) in [7, 11) is 0. The van der Waals surface area contributed by atoms with Crippen LogP contribution in [0.15, 0.2) is 6.07 Å². The highest BCUT2D eigenvalue weighted by Gasteiger charge is 2.42. The van der Waals surface area contributed by atoms with Crippen LogP contribution < -0.4 is 0 Å². The van der Waals surface area contributed by atoms with Crippen molar-refractivity contribution in [2.45, 2.75) is 19.3 Å². The number of halogens is 4. The van der Waals surface area contributed by atoms with Gasteiger partial charge in [0.05, 0.1) is 26.0 Å². The summed E-state index contributed by atoms with van der Waals surface area (Å²) >= 11 is 24.0. The first-order valence-corrected chi connectivity index (χ1v) is 6.97. The fraction of sp³-hybridized carbons (Fsp3) is 0.417. The Hall–Kier alpha value is -0.150. The summed E-state index contributed by atoms with van der Waals surface area (Å²) in [5.74, 6) is -0.758. The van der Waals surface area contributed by atoms with Crippen LogP contribution in [0.1, 0.15) is 18.4 Å². The van der Waals surface area contributed by atoms with Gasteiger partial charge in [0, 0.05) is 0 Å². The minimum atomic E-state index is -0.735. The van der Waals surface area contributed by atoms with Crippen molar-refractivity contribution < 1.29 is 9.90 Å². The van der Waals surface area contributed by atoms with Crippen molar-refractivity contribution in [3.8, 4) is 0 Å². The minimum absolute atomic E-state index is 0.201. The van der Waals surface area contributed by atoms with Gasteiger partial charge in [-0.15, -0.1) is 0 Å². The van der Waals surface area contributed by atoms with E-state index in [2.05, 4.69) is 0 Å². The molecule has 1 aliphatic carbocycles. The van der Waals surface area contributed by atoms with Crippen molar-refractivity contribution in [1.29, 1.82) is 0 Å². The van der Waals surface area contributed by atoms with Crippen molar-refractivity contribution in [2.75, 3.05) is 0 Å². The van der Waals surface area contributed by atoms with E-state index in [0.717, 1.165) is 12.8 Å². The first kappa shape index (κ1) is 14.3. The average molecular weight is 328 g/mol. The zero-order valence-electron chi connectivity index (χ0n) is 9.22. The Morgan fingerprint density at radius 3 is 2.22 bits per heavy atom. The van der Waals surface area contributed by atoms with Gasteiger partial charge in [-0.1, -0.05) is 46.4 Å². The van der Waals surface area contributed by atoms with Crippen LogP contribution in [0.2, 0.25) is 20.1 Å². The average Bonchev–Trinajstić information content (AvgIpc) is 3.06. The van der Waals surface area contributed by atoms with E-state index in [9.17, 15) is 4.79 Å². The lowest BCUT2D eigenvalue weighted by Crippen LogP contribution is -2.00. The highest BCUT2D eigenvalue weighted by Crippen LogP contribution is 2.44. The zero-order valence-corrected chi connectivity index (χ0v) is 12.2. The maximum absolute atomic E-state index is 10.7. The van der Waals surface area contributed by atoms with Crippen LogP contribution in [0.5, 0.6) is 0 Å². The van der Waals surface area contributed by atoms with Crippen molar-refractivity contribution in [1.82, 2.24) is 0 Å². The Morgan fingerprint density at radius 2 is 1.78 bits per heavy atom. The molecule has 18 heavy (non-hydrogen) atoms. The van der Waals surface area contributed by atoms with Gasteiger partial charge in [0.15, 0.2) is 0 Å². The second-order valence-electron chi connectivity index (χ2n) is 4.43. The van der Waals surface area contributed by atoms with Crippen molar-refractivity contribution in [3.63, 3.8) is 0 Å². The SMILES string of the molecule is O=C(O)C1CC1CCc1c(Cl)c(Cl)cc(Cl)c1Cl. The van der Waals surface area contributed by atoms with Gasteiger partial charge in [0.1, 0.15) is 0 Å². The van der Waals surface area contributed by atoms with Gasteiger partial charge in [-0.05, 0) is 36.8 Å². The molecule has 98 valence electrons. The molecular formula is C12H10Cl4O2. The highest BCUT2D eigenvalue weighted by atomic mass is 35.5. The van der Waals surface area contributed by atoms with E-state index in [-0.39, 0.29) is 11.8 Å². The number of carbonyl (C=O) groups is 1. The van der Waals surface area contributed by atoms with E-state index in [1.165, 1.54) is 6.07 Å². The summed E-state index contributed by atoms with van der Waals surface area (Å²) in [6.45, 7) is 0. The number of carboxylic acid groups (broad SMARTS) is 1. The third kappa shape index (κ3) is 2.88. The number of hydrogen-bond acceptors (Lipinski definition) is 1. The maximum Gasteiger partial charge on any atom is 0.306 e. The lowest BCUT2D eigenvalue weighted by atomic mass is 10.1. The fourth-order valence-corrected chi connectivity index (χ4v) is 3.08. The molecule has 0 radical (unpaired) electrons. The molecule has 2 unspecified atom stereocenters. The number of rotatable bonds is 4. The molecule has 6 heteroatoms. The molecule has 1 aliphatic rings. The molecule has 2 rings (SSSR count). The van der Waals surface area contributed by atoms with Gasteiger partial charge >= 0.3 is 5.97 Å². The normalized spacial score (nSPS) is 22.0. The van der Waals surface area contributed by atoms with E-state index in [4.69, 9.17) is 51.5 Å². The standard InChI is InChI=1S/C12H10Cl4O2/c13-8-4-9(14)11(16)6(10(8)15)2-1-5-3-7(5)12(17)18/h4-5,7H,1-3H2,(H,17,18). The van der Waals surface area contributed by atoms with Gasteiger partial charge in [-0.25, -0.2) is 0 Å². The number of hydrogen-bond donors (Lipinski definition) is 1. The summed E-state index contributed by atoms with van der Waals surface area (Å²) in [4.78, 5) is 10.7. The summed E-state index contributed by atoms with van der Waals surface area (Å²) in [6, 6.07) is 1.51. The van der Waals surface area contributed by atoms with Crippen LogP contribution in [0.4, 0.5) is 0 Å². The quantitative estimate of drug-likeness (QED) is 0.794. The predicted molar refractivity (Wildman–Crippen MR) is 74.0 cm³/mol. The van der Waals surface area contributed by atoms with E-state index >= 15 is 0 Å². The summed E-state index contributed by atoms with van der Waals surface area (Å²) in [5, 5.41) is 10.4. The summed E-state index contributed by atoms with van der Waals surface area (Å²) in [5.41, 5.74) is 0.701. The lowest BCUT2D eigenvalue weighted by Gasteiger charge is -2.10. The van der Waals surface area contributed by atoms with Gasteiger partial charge in [-0.2, -0.15) is 0 Å². The number of aliphatic carboxylic acids is 1. The monoisotopic (exact) mass is 326 g/mol. The van der Waals surface area contributed by atoms with Gasteiger partial charge in [0.2, 0.25) is 0 Å². The Balaban J connectivity index is 2.08. The van der Waals surface area contributed by atoms with Crippen LogP contribution in [-0.2, 0) is 11.2 Å². The largest absolute Gasteiger partial charge is 0.481 e. The smallest absolute Gasteiger partial charge is 0.306 e. The molecule has 0 amide bonds. The van der Waals surface area contributed by atoms with Crippen molar-refractivity contribution in [3.05, 3.63) is 31.7 Å². The molecule has 2 atom stereocenters. The maximum atomic E-state index is 10.7. The lowest BCUT2D eigenvalue weighted by molar-refractivity contribution is -0.138. The summed E-state index contributed by atoms with van der Waals surface area (Å²) < 4.78 is 0. The van der Waals surface area contributed by atoms with Crippen molar-refractivity contribution in [2.24, 2.45) is 11.8 Å². The number of carboxylic acids is 1. The fourth-order valence-electron chi connectivity index (χ4n) is 2.04. The topological polar surface area (TPSA) is 37.3 Å². The molecule has 1 aromatic carbocycles. The first-order valence-electron chi connectivity index (χ1n) is 5.46. The first-order chi connectivity index (χ1) is 8.41. The van der Waals surface area contributed by atoms with E-state index in [0.29, 0.717) is 32.1 Å². The van der Waals surface area contributed by atoms with Gasteiger partial charge in [0.25, 0.3) is 0 Å². The van der Waals surface area contributed by atoms with Gasteiger partial charge < -0.3 is 5.11 Å². The molecule has 0 saturated heterocycles. The second kappa shape index (κ2) is 5.46. The van der Waals surface area contributed by atoms with Gasteiger partial charge in [-0.3, -0.25) is 4.79 Å². The second-order valence-corrected chi connectivity index (χ2v) is 6.00. The molecule has 0 aromatic heterocycles. The third-order valence-electron chi connectivity index (χ3n) is 3.21. The molecule has 2 nitrogen and oxygen atoms in total. The molecule has 1 N–H and O–H groups in total. The molecular weight excluding hydrogens is 318 g/mol. The Morgan fingerprint density at radius 1 is 1.22 bits per heavy atom. The van der Waals surface area contributed by atoms with Crippen LogP contribution in [0, 0.1) is 11.8 Å². The van der Waals surface area contributed by atoms with Crippen LogP contribution in [0.3, 0.4) is 0 Å². The predicted octanol–water partition coefficient (Wildman–Crippen LogP) is 4.95. The molecule has 0 bridgehead atoms. The number of benzene rings is 1. The van der Waals surface area contributed by atoms with Crippen molar-refractivity contribution >= 4 is 52.4 Å². The van der Waals surface area contributed by atoms with Crippen LogP contribution in [-0.4, -0.2) is 11.1 Å². The Labute approximate surface area is 125 Å². The molecule has 1 aromatic rings. The molecule has 1 fully saturated rings. The molecule has 0 aliphatic heterocycles. The molecule has 0 spiro atoms. The Bertz CT molecular complexity index is 475. The van der Waals surface area contributed by atoms with E-state index < -0.39 is 5.97 Å². The van der Waals surface area contributed by atoms with E-state index in [1.807, 2.05) is 0 Å². The highest BCUT2D eigenvalue weighted by molar-refractivity contribution is 6.48.